The molecule has 0 spiro atoms. The Balaban J connectivity index is 1.76. The fraction of sp³-hybridized carbons (Fsp3) is 0.333. The zero-order valence-corrected chi connectivity index (χ0v) is 16.8. The van der Waals surface area contributed by atoms with Gasteiger partial charge in [-0.15, -0.1) is 0 Å². The molecule has 1 aliphatic rings. The quantitative estimate of drug-likeness (QED) is 0.725. The largest absolute Gasteiger partial charge is 0.497 e. The fourth-order valence-corrected chi connectivity index (χ4v) is 3.34. The van der Waals surface area contributed by atoms with Gasteiger partial charge in [0.15, 0.2) is 0 Å². The summed E-state index contributed by atoms with van der Waals surface area (Å²) in [5.41, 5.74) is 1.13. The highest BCUT2D eigenvalue weighted by Crippen LogP contribution is 2.28. The van der Waals surface area contributed by atoms with Gasteiger partial charge in [0.25, 0.3) is 5.91 Å². The van der Waals surface area contributed by atoms with E-state index in [9.17, 15) is 14.7 Å². The number of para-hydroxylation sites is 1. The van der Waals surface area contributed by atoms with Crippen LogP contribution in [0.3, 0.4) is 0 Å². The van der Waals surface area contributed by atoms with E-state index in [4.69, 9.17) is 21.1 Å². The van der Waals surface area contributed by atoms with Gasteiger partial charge in [-0.2, -0.15) is 0 Å². The fourth-order valence-electron chi connectivity index (χ4n) is 3.09. The monoisotopic (exact) mass is 418 g/mol. The number of imide groups is 1. The molecule has 1 heterocycles. The first-order valence-electron chi connectivity index (χ1n) is 9.23. The maximum atomic E-state index is 13.1. The zero-order chi connectivity index (χ0) is 20.9. The molecule has 0 aromatic heterocycles. The van der Waals surface area contributed by atoms with E-state index in [1.165, 1.54) is 0 Å². The van der Waals surface area contributed by atoms with Crippen LogP contribution in [-0.4, -0.2) is 41.9 Å². The van der Waals surface area contributed by atoms with Crippen molar-refractivity contribution in [1.29, 1.82) is 0 Å². The smallest absolute Gasteiger partial charge is 0.421 e. The predicted molar refractivity (Wildman–Crippen MR) is 109 cm³/mol. The SMILES string of the molecule is COc1ccc(COC(=O)N(C(=O)C2CC(O)(Cl)CCN2)c2ccccc2)cc1. The van der Waals surface area contributed by atoms with Gasteiger partial charge >= 0.3 is 6.09 Å². The first-order valence-corrected chi connectivity index (χ1v) is 9.61. The number of amides is 2. The second kappa shape index (κ2) is 9.26. The molecule has 3 rings (SSSR count). The molecule has 1 saturated heterocycles. The number of carbonyl (C=O) groups is 2. The third-order valence-electron chi connectivity index (χ3n) is 4.65. The van der Waals surface area contributed by atoms with Crippen LogP contribution >= 0.6 is 11.6 Å². The van der Waals surface area contributed by atoms with Crippen molar-refractivity contribution < 1.29 is 24.2 Å². The maximum Gasteiger partial charge on any atom is 0.421 e. The zero-order valence-electron chi connectivity index (χ0n) is 16.0. The molecular weight excluding hydrogens is 396 g/mol. The molecule has 29 heavy (non-hydrogen) atoms. The molecule has 0 bridgehead atoms. The van der Waals surface area contributed by atoms with Gasteiger partial charge in [0, 0.05) is 12.8 Å². The van der Waals surface area contributed by atoms with E-state index in [0.29, 0.717) is 24.4 Å². The number of rotatable bonds is 5. The minimum Gasteiger partial charge on any atom is -0.497 e. The molecule has 0 radical (unpaired) electrons. The first-order chi connectivity index (χ1) is 13.9. The number of aliphatic hydroxyl groups is 1. The molecule has 8 heteroatoms. The van der Waals surface area contributed by atoms with E-state index in [2.05, 4.69) is 5.32 Å². The Hall–Kier alpha value is -2.61. The normalized spacial score (nSPS) is 21.3. The standard InChI is InChI=1S/C21H23ClN2O5/c1-28-17-9-7-15(8-10-17)14-29-20(26)24(16-5-3-2-4-6-16)19(25)18-13-21(22,27)11-12-23-18/h2-10,18,23,27H,11-14H2,1H3. The second-order valence-corrected chi connectivity index (χ2v) is 7.49. The van der Waals surface area contributed by atoms with Gasteiger partial charge in [-0.05, 0) is 36.4 Å². The number of nitrogens with one attached hydrogen (secondary N) is 1. The van der Waals surface area contributed by atoms with Crippen LogP contribution in [0.15, 0.2) is 54.6 Å². The van der Waals surface area contributed by atoms with Crippen molar-refractivity contribution in [2.75, 3.05) is 18.6 Å². The van der Waals surface area contributed by atoms with Crippen LogP contribution in [0.25, 0.3) is 0 Å². The summed E-state index contributed by atoms with van der Waals surface area (Å²) in [7, 11) is 1.57. The lowest BCUT2D eigenvalue weighted by molar-refractivity contribution is -0.122. The van der Waals surface area contributed by atoms with Crippen LogP contribution in [0.2, 0.25) is 0 Å². The number of hydrogen-bond acceptors (Lipinski definition) is 6. The van der Waals surface area contributed by atoms with E-state index in [1.54, 1.807) is 61.7 Å². The molecule has 1 aliphatic heterocycles. The van der Waals surface area contributed by atoms with Crippen LogP contribution in [0.4, 0.5) is 10.5 Å². The highest BCUT2D eigenvalue weighted by molar-refractivity contribution is 6.23. The van der Waals surface area contributed by atoms with Crippen LogP contribution in [0.5, 0.6) is 5.75 Å². The second-order valence-electron chi connectivity index (χ2n) is 6.79. The van der Waals surface area contributed by atoms with Gasteiger partial charge in [-0.3, -0.25) is 4.79 Å². The summed E-state index contributed by atoms with van der Waals surface area (Å²) in [6.45, 7) is 0.358. The molecule has 0 aliphatic carbocycles. The lowest BCUT2D eigenvalue weighted by atomic mass is 10.00. The number of hydrogen-bond donors (Lipinski definition) is 2. The summed E-state index contributed by atoms with van der Waals surface area (Å²) < 4.78 is 10.5. The Morgan fingerprint density at radius 2 is 1.90 bits per heavy atom. The number of nitrogens with zero attached hydrogens (tertiary/aromatic N) is 1. The van der Waals surface area contributed by atoms with Gasteiger partial charge < -0.3 is 19.9 Å². The van der Waals surface area contributed by atoms with Crippen molar-refractivity contribution in [3.05, 3.63) is 60.2 Å². The van der Waals surface area contributed by atoms with Gasteiger partial charge in [0.2, 0.25) is 0 Å². The molecule has 1 fully saturated rings. The number of alkyl halides is 1. The van der Waals surface area contributed by atoms with Crippen molar-refractivity contribution >= 4 is 29.3 Å². The number of methoxy groups -OCH3 is 1. The summed E-state index contributed by atoms with van der Waals surface area (Å²) in [5, 5.41) is 11.6. The predicted octanol–water partition coefficient (Wildman–Crippen LogP) is 3.04. The van der Waals surface area contributed by atoms with Gasteiger partial charge in [-0.1, -0.05) is 41.9 Å². The molecule has 7 nitrogen and oxygen atoms in total. The average molecular weight is 419 g/mol. The summed E-state index contributed by atoms with van der Waals surface area (Å²) in [6, 6.07) is 14.8. The Labute approximate surface area is 174 Å². The third kappa shape index (κ3) is 5.47. The Morgan fingerprint density at radius 1 is 1.21 bits per heavy atom. The van der Waals surface area contributed by atoms with Crippen LogP contribution in [0.1, 0.15) is 18.4 Å². The first kappa shape index (κ1) is 21.1. The van der Waals surface area contributed by atoms with Crippen LogP contribution in [-0.2, 0) is 16.1 Å². The van der Waals surface area contributed by atoms with Crippen molar-refractivity contribution in [2.45, 2.75) is 30.6 Å². The van der Waals surface area contributed by atoms with E-state index >= 15 is 0 Å². The molecule has 0 saturated carbocycles. The Kier molecular flexibility index (Phi) is 6.74. The highest BCUT2D eigenvalue weighted by atomic mass is 35.5. The van der Waals surface area contributed by atoms with Gasteiger partial charge in [0.1, 0.15) is 17.4 Å². The summed E-state index contributed by atoms with van der Waals surface area (Å²) in [6.07, 6.45) is -0.504. The number of piperidine rings is 1. The average Bonchev–Trinajstić information content (AvgIpc) is 2.73. The number of carbonyl (C=O) groups excluding carboxylic acids is 2. The van der Waals surface area contributed by atoms with Crippen molar-refractivity contribution in [3.8, 4) is 5.75 Å². The van der Waals surface area contributed by atoms with E-state index < -0.39 is 23.1 Å². The molecule has 2 unspecified atom stereocenters. The number of halogens is 1. The van der Waals surface area contributed by atoms with Crippen LogP contribution in [0, 0.1) is 0 Å². The third-order valence-corrected chi connectivity index (χ3v) is 5.00. The van der Waals surface area contributed by atoms with Crippen molar-refractivity contribution in [2.24, 2.45) is 0 Å². The summed E-state index contributed by atoms with van der Waals surface area (Å²) in [5.74, 6) is 0.160. The molecule has 154 valence electrons. The highest BCUT2D eigenvalue weighted by Gasteiger charge is 2.39. The number of ether oxygens (including phenoxy) is 2. The molecule has 2 amide bonds. The minimum atomic E-state index is -1.49. The maximum absolute atomic E-state index is 13.1. The van der Waals surface area contributed by atoms with E-state index in [1.807, 2.05) is 0 Å². The van der Waals surface area contributed by atoms with Crippen molar-refractivity contribution in [3.63, 3.8) is 0 Å². The Morgan fingerprint density at radius 3 is 2.52 bits per heavy atom. The lowest BCUT2D eigenvalue weighted by Crippen LogP contribution is -2.55. The van der Waals surface area contributed by atoms with Crippen LogP contribution < -0.4 is 15.0 Å². The van der Waals surface area contributed by atoms with E-state index in [-0.39, 0.29) is 13.0 Å². The minimum absolute atomic E-state index is 0.00300. The molecule has 2 aromatic carbocycles. The topological polar surface area (TPSA) is 88.1 Å². The van der Waals surface area contributed by atoms with Gasteiger partial charge in [-0.25, -0.2) is 9.69 Å². The Bertz CT molecular complexity index is 842. The van der Waals surface area contributed by atoms with E-state index in [0.717, 1.165) is 10.5 Å². The number of anilines is 1. The number of benzene rings is 2. The van der Waals surface area contributed by atoms with Crippen molar-refractivity contribution in [1.82, 2.24) is 5.32 Å². The molecular formula is C21H23ClN2O5. The lowest BCUT2D eigenvalue weighted by Gasteiger charge is -2.34. The molecule has 2 aromatic rings. The molecule has 2 atom stereocenters. The summed E-state index contributed by atoms with van der Waals surface area (Å²) in [4.78, 5) is 26.9. The van der Waals surface area contributed by atoms with Gasteiger partial charge in [0.05, 0.1) is 18.8 Å². The summed E-state index contributed by atoms with van der Waals surface area (Å²) >= 11 is 6.03. The molecule has 2 N–H and O–H groups in total.